The number of unbranched alkanes of at least 4 members (excludes halogenated alkanes) is 6. The molecule has 8 amide bonds. The third-order valence-electron chi connectivity index (χ3n) is 18.1. The Bertz CT molecular complexity index is 3900. The standard InChI is InChI=1S/C30H56N6O8.C26H30N4O4.C18H35N3O6.C12H23N3O3S2.2CO2/c1-24(2)30(41)33-20-10-7-13-22-35(43)28(39)16-14-25(3)31-18-8-5-12-23-36(44)29(40)17-15-27(38)32-19-9-6-11-21-34(42)26(4)37;1-17(2)19-11-9-18(10-12-19)13-22(28-16-21-6-4-8-24(30-21)26(33)34)15-27-14-20-5-3-7-23(29-20)25(31)32;1-14(2)26-17(24)12-20(6)8-7-19(5)9-10-21(11-16(22)23)13-18(25)27-15(3)4;1-8(2)14-10(16)4-3-9(15-12(18)7-20)5-13-11(17)6-19;2*2-1-3/h24,31,42-44H,3,5-23H2,1-2,4H3,(H,32,38)(H,33,41);3-12,17,22,27-28H,13-16H2,1-2H3,(H,31,32)(H,33,34);14-15H,7-13H2,1-6H3,(H,22,23);8-9,19-20H,3-7H2,1-2H3,(H,13,17)(H,14,16)(H,15,18);;. The van der Waals surface area contributed by atoms with Gasteiger partial charge < -0.3 is 72.2 Å². The summed E-state index contributed by atoms with van der Waals surface area (Å²) >= 11 is 7.73. The minimum atomic E-state index is -1.05. The van der Waals surface area contributed by atoms with Gasteiger partial charge in [-0.15, -0.1) is 0 Å². The minimum Gasteiger partial charge on any atom is -0.480 e. The fraction of sp³-hybridized carbons (Fsp3) is 0.625. The van der Waals surface area contributed by atoms with Crippen molar-refractivity contribution in [3.63, 3.8) is 0 Å². The van der Waals surface area contributed by atoms with Gasteiger partial charge in [0.25, 0.3) is 0 Å². The summed E-state index contributed by atoms with van der Waals surface area (Å²) in [5, 5.41) is 82.2. The summed E-state index contributed by atoms with van der Waals surface area (Å²) in [7, 11) is 3.75. The zero-order valence-corrected chi connectivity index (χ0v) is 80.0. The van der Waals surface area contributed by atoms with E-state index in [-0.39, 0.29) is 184 Å². The average molecular weight is 1890 g/mol. The van der Waals surface area contributed by atoms with Crippen molar-refractivity contribution in [1.82, 2.24) is 82.4 Å². The maximum absolute atomic E-state index is 12.1. The lowest BCUT2D eigenvalue weighted by Crippen LogP contribution is -2.45. The molecule has 0 aliphatic rings. The molecule has 0 aliphatic carbocycles. The number of carboxylic acid groups (broad SMARTS) is 3. The summed E-state index contributed by atoms with van der Waals surface area (Å²) in [6.45, 7) is 30.4. The molecular weight excluding hydrogens is 1750 g/mol. The van der Waals surface area contributed by atoms with Gasteiger partial charge in [-0.05, 0) is 174 Å². The van der Waals surface area contributed by atoms with E-state index in [1.807, 2.05) is 65.4 Å². The number of pyridine rings is 2. The van der Waals surface area contributed by atoms with Crippen LogP contribution in [0.3, 0.4) is 0 Å². The number of carboxylic acids is 3. The van der Waals surface area contributed by atoms with Gasteiger partial charge in [0.2, 0.25) is 47.3 Å². The van der Waals surface area contributed by atoms with Crippen LogP contribution in [0.1, 0.15) is 222 Å². The first-order chi connectivity index (χ1) is 61.9. The zero-order valence-electron chi connectivity index (χ0n) is 78.2. The highest BCUT2D eigenvalue weighted by Gasteiger charge is 2.22. The third kappa shape index (κ3) is 71.7. The molecule has 41 nitrogen and oxygen atoms in total. The maximum atomic E-state index is 12.1. The van der Waals surface area contributed by atoms with Crippen LogP contribution in [0.15, 0.2) is 72.9 Å². The predicted octanol–water partition coefficient (Wildman–Crippen LogP) is 4.93. The van der Waals surface area contributed by atoms with Gasteiger partial charge in [0.05, 0.1) is 54.7 Å². The molecule has 3 rings (SSSR count). The smallest absolute Gasteiger partial charge is 0.373 e. The minimum absolute atomic E-state index is 0.0163. The number of thiol groups is 2. The summed E-state index contributed by atoms with van der Waals surface area (Å²) in [6.07, 6.45) is 8.39. The van der Waals surface area contributed by atoms with Gasteiger partial charge in [-0.3, -0.25) is 78.2 Å². The molecule has 0 aliphatic heterocycles. The lowest BCUT2D eigenvalue weighted by Gasteiger charge is -2.25. The second-order valence-electron chi connectivity index (χ2n) is 31.7. The van der Waals surface area contributed by atoms with Crippen LogP contribution in [-0.4, -0.2) is 314 Å². The van der Waals surface area contributed by atoms with E-state index in [0.29, 0.717) is 137 Å². The van der Waals surface area contributed by atoms with Crippen LogP contribution in [0, 0.1) is 5.92 Å². The Morgan fingerprint density at radius 1 is 0.481 bits per heavy atom. The van der Waals surface area contributed by atoms with Crippen LogP contribution >= 0.6 is 25.3 Å². The van der Waals surface area contributed by atoms with Crippen molar-refractivity contribution >= 4 is 115 Å². The maximum Gasteiger partial charge on any atom is 0.373 e. The highest BCUT2D eigenvalue weighted by molar-refractivity contribution is 7.81. The number of likely N-dealkylation sites (N-methyl/N-ethyl adjacent to an activating group) is 2. The van der Waals surface area contributed by atoms with Crippen LogP contribution in [-0.2, 0) is 101 Å². The second kappa shape index (κ2) is 77.0. The van der Waals surface area contributed by atoms with Crippen molar-refractivity contribution in [1.29, 1.82) is 0 Å². The van der Waals surface area contributed by atoms with E-state index in [2.05, 4.69) is 122 Å². The number of hydrogen-bond donors (Lipinski definition) is 16. The number of allylic oxidation sites excluding steroid dienone is 1. The largest absolute Gasteiger partial charge is 0.480 e. The summed E-state index contributed by atoms with van der Waals surface area (Å²) in [4.78, 5) is 196. The number of aromatic nitrogens is 2. The van der Waals surface area contributed by atoms with Crippen molar-refractivity contribution in [3.05, 3.63) is 107 Å². The molecule has 0 saturated heterocycles. The van der Waals surface area contributed by atoms with Crippen LogP contribution < -0.4 is 42.5 Å². The molecule has 2 unspecified atom stereocenters. The van der Waals surface area contributed by atoms with E-state index in [9.17, 15) is 83.1 Å². The molecule has 2 heterocycles. The van der Waals surface area contributed by atoms with Gasteiger partial charge in [-0.25, -0.2) is 34.7 Å². The molecule has 2 aromatic heterocycles. The Hall–Kier alpha value is -10.7. The fourth-order valence-electron chi connectivity index (χ4n) is 11.2. The van der Waals surface area contributed by atoms with Gasteiger partial charge in [-0.2, -0.15) is 44.4 Å². The van der Waals surface area contributed by atoms with Gasteiger partial charge >= 0.3 is 42.1 Å². The van der Waals surface area contributed by atoms with E-state index in [1.165, 1.54) is 30.2 Å². The Morgan fingerprint density at radius 2 is 0.954 bits per heavy atom. The zero-order chi connectivity index (χ0) is 99.8. The predicted molar refractivity (Wildman–Crippen MR) is 490 cm³/mol. The normalized spacial score (nSPS) is 11.0. The summed E-state index contributed by atoms with van der Waals surface area (Å²) in [5.74, 6) is -5.31. The van der Waals surface area contributed by atoms with Gasteiger partial charge in [0.1, 0.15) is 11.4 Å². The van der Waals surface area contributed by atoms with Crippen molar-refractivity contribution in [3.8, 4) is 0 Å². The van der Waals surface area contributed by atoms with Crippen molar-refractivity contribution < 1.29 is 122 Å². The van der Waals surface area contributed by atoms with E-state index in [4.69, 9.17) is 38.9 Å². The summed E-state index contributed by atoms with van der Waals surface area (Å²) in [5.41, 5.74) is 4.49. The van der Waals surface area contributed by atoms with Gasteiger partial charge in [-0.1, -0.05) is 70.7 Å². The first kappa shape index (κ1) is 124. The molecule has 0 spiro atoms. The third-order valence-corrected chi connectivity index (χ3v) is 18.7. The quantitative estimate of drug-likeness (QED) is 0.0117. The monoisotopic (exact) mass is 1890 g/mol. The molecule has 1 aromatic carbocycles. The molecule has 131 heavy (non-hydrogen) atoms. The number of benzene rings is 1. The van der Waals surface area contributed by atoms with Crippen molar-refractivity contribution in [2.45, 2.75) is 228 Å². The van der Waals surface area contributed by atoms with Gasteiger partial charge in [0.15, 0.2) is 0 Å². The number of carbonyl (C=O) groups is 13. The molecule has 0 saturated carbocycles. The lowest BCUT2D eigenvalue weighted by molar-refractivity contribution is -0.193. The number of aromatic carboxylic acids is 2. The summed E-state index contributed by atoms with van der Waals surface area (Å²) < 4.78 is 10.2. The van der Waals surface area contributed by atoms with E-state index in [0.717, 1.165) is 43.6 Å². The number of hydroxylamine groups is 6. The molecule has 3 aromatic rings. The first-order valence-corrected chi connectivity index (χ1v) is 44.7. The molecule has 43 heteroatoms. The van der Waals surface area contributed by atoms with Crippen LogP contribution in [0.4, 0.5) is 0 Å². The van der Waals surface area contributed by atoms with Crippen LogP contribution in [0.2, 0.25) is 0 Å². The number of carbonyl (C=O) groups excluding carboxylic acids is 14. The number of hydrogen-bond acceptors (Lipinski definition) is 32. The second-order valence-corrected chi connectivity index (χ2v) is 32.3. The Kier molecular flexibility index (Phi) is 73.1. The Balaban J connectivity index is -0.00000169. The molecule has 14 N–H and O–H groups in total. The van der Waals surface area contributed by atoms with Gasteiger partial charge in [0, 0.05) is 154 Å². The average Bonchev–Trinajstić information content (AvgIpc) is 0.889. The molecule has 738 valence electrons. The number of aliphatic carboxylic acids is 1. The fourth-order valence-corrected chi connectivity index (χ4v) is 11.4. The van der Waals surface area contributed by atoms with E-state index in [1.54, 1.807) is 43.0 Å². The van der Waals surface area contributed by atoms with Crippen LogP contribution in [0.5, 0.6) is 0 Å². The molecule has 0 fully saturated rings. The molecular formula is C88H144N16O25S2. The number of amides is 8. The number of nitrogens with one attached hydrogen (secondary N) is 8. The highest BCUT2D eigenvalue weighted by Crippen LogP contribution is 2.17. The molecule has 2 atom stereocenters. The Morgan fingerprint density at radius 3 is 1.43 bits per heavy atom. The highest BCUT2D eigenvalue weighted by atomic mass is 32.1. The number of esters is 2. The van der Waals surface area contributed by atoms with Crippen molar-refractivity contribution in [2.24, 2.45) is 5.92 Å². The van der Waals surface area contributed by atoms with E-state index < -0.39 is 35.7 Å². The Labute approximate surface area is 779 Å². The molecule has 0 radical (unpaired) electrons. The van der Waals surface area contributed by atoms with E-state index >= 15 is 0 Å². The van der Waals surface area contributed by atoms with Crippen molar-refractivity contribution in [2.75, 3.05) is 124 Å². The number of nitrogens with zero attached hydrogens (tertiary/aromatic N) is 8. The number of ether oxygens (including phenoxy) is 2. The SMILES string of the molecule is C=C(CCC(=O)N(O)CCCCCNC(=O)C(C)C)NCCCCCN(O)C(=O)CCC(=O)NCCCCCN(O)C(C)=O.CC(C)NC(=O)CCC(CNC(=O)CS)NC(=O)CS.CC(C)OC(=O)CN(C)CCN(C)CCN(CC(=O)O)CC(=O)OC(C)C.CC(C)c1ccc(CC(CNCc2cccc(C(=O)O)n2)NCc2cccc(C(=O)O)n2)cc1.O=C=O.O=C=O. The molecule has 0 bridgehead atoms. The number of rotatable bonds is 61. The lowest BCUT2D eigenvalue weighted by atomic mass is 9.99. The van der Waals surface area contributed by atoms with Crippen LogP contribution in [0.25, 0.3) is 0 Å². The first-order valence-electron chi connectivity index (χ1n) is 43.5. The topological polar surface area (TPSA) is 571 Å². The summed E-state index contributed by atoms with van der Waals surface area (Å²) in [6, 6.07) is 18.2.